The summed E-state index contributed by atoms with van der Waals surface area (Å²) in [5.74, 6) is -1.93. The summed E-state index contributed by atoms with van der Waals surface area (Å²) in [5, 5.41) is 0.0322. The van der Waals surface area contributed by atoms with Crippen molar-refractivity contribution in [1.82, 2.24) is 0 Å². The number of rotatable bonds is 10. The zero-order chi connectivity index (χ0) is 17.9. The predicted octanol–water partition coefficient (Wildman–Crippen LogP) is 5.07. The van der Waals surface area contributed by atoms with Gasteiger partial charge in [0.15, 0.2) is 11.6 Å². The van der Waals surface area contributed by atoms with Crippen molar-refractivity contribution in [2.75, 3.05) is 0 Å². The molecule has 1 aromatic carbocycles. The molecule has 6 heteroatoms. The second-order valence-electron chi connectivity index (χ2n) is 5.57. The molecule has 0 saturated heterocycles. The van der Waals surface area contributed by atoms with Crippen molar-refractivity contribution in [2.45, 2.75) is 64.9 Å². The average molecular weight is 359 g/mol. The minimum absolute atomic E-state index is 0.00795. The molecule has 0 spiro atoms. The normalized spacial score (nSPS) is 10.7. The van der Waals surface area contributed by atoms with Crippen LogP contribution in [0.1, 0.15) is 58.8 Å². The molecule has 0 bridgehead atoms. The summed E-state index contributed by atoms with van der Waals surface area (Å²) in [4.78, 5) is 23.5. The van der Waals surface area contributed by atoms with Crippen LogP contribution < -0.4 is 4.74 Å². The second-order valence-corrected chi connectivity index (χ2v) is 5.97. The van der Waals surface area contributed by atoms with Crippen molar-refractivity contribution in [2.24, 2.45) is 0 Å². The van der Waals surface area contributed by atoms with Crippen LogP contribution in [0.3, 0.4) is 0 Å². The van der Waals surface area contributed by atoms with Gasteiger partial charge in [0.2, 0.25) is 0 Å². The van der Waals surface area contributed by atoms with Gasteiger partial charge in [0.05, 0.1) is 5.02 Å². The molecule has 1 rings (SSSR count). The first kappa shape index (κ1) is 20.4. The summed E-state index contributed by atoms with van der Waals surface area (Å²) in [6, 6.07) is 4.02. The van der Waals surface area contributed by atoms with Crippen LogP contribution in [0.15, 0.2) is 18.2 Å². The number of ether oxygens (including phenoxy) is 2. The van der Waals surface area contributed by atoms with Gasteiger partial charge in [-0.05, 0) is 31.4 Å². The molecule has 1 aromatic rings. The van der Waals surface area contributed by atoms with Crippen LogP contribution in [-0.2, 0) is 14.3 Å². The van der Waals surface area contributed by atoms with Crippen molar-refractivity contribution in [3.63, 3.8) is 0 Å². The van der Waals surface area contributed by atoms with Gasteiger partial charge >= 0.3 is 11.9 Å². The van der Waals surface area contributed by atoms with Crippen LogP contribution >= 0.6 is 11.6 Å². The molecule has 0 unspecified atom stereocenters. The zero-order valence-electron chi connectivity index (χ0n) is 14.1. The Kier molecular flexibility index (Phi) is 9.38. The fourth-order valence-corrected chi connectivity index (χ4v) is 2.47. The van der Waals surface area contributed by atoms with E-state index in [0.717, 1.165) is 31.7 Å². The van der Waals surface area contributed by atoms with E-state index in [2.05, 4.69) is 0 Å². The Morgan fingerprint density at radius 1 is 1.12 bits per heavy atom. The first-order chi connectivity index (χ1) is 11.5. The number of esters is 2. The number of hydrogen-bond donors (Lipinski definition) is 0. The number of benzene rings is 1. The molecule has 134 valence electrons. The highest BCUT2D eigenvalue weighted by atomic mass is 35.5. The van der Waals surface area contributed by atoms with Gasteiger partial charge in [-0.1, -0.05) is 44.4 Å². The van der Waals surface area contributed by atoms with Crippen LogP contribution in [0.5, 0.6) is 5.75 Å². The van der Waals surface area contributed by atoms with E-state index < -0.39 is 11.8 Å². The first-order valence-electron chi connectivity index (χ1n) is 8.32. The van der Waals surface area contributed by atoms with E-state index in [1.807, 2.05) is 13.8 Å². The minimum Gasteiger partial charge on any atom is -0.462 e. The highest BCUT2D eigenvalue weighted by molar-refractivity contribution is 6.32. The Balaban J connectivity index is 2.36. The van der Waals surface area contributed by atoms with Crippen LogP contribution in [0.2, 0.25) is 5.02 Å². The maximum atomic E-state index is 13.5. The summed E-state index contributed by atoms with van der Waals surface area (Å²) < 4.78 is 23.8. The second kappa shape index (κ2) is 11.0. The number of hydrogen-bond acceptors (Lipinski definition) is 4. The van der Waals surface area contributed by atoms with Crippen molar-refractivity contribution >= 4 is 23.5 Å². The molecule has 0 N–H and O–H groups in total. The topological polar surface area (TPSA) is 52.6 Å². The monoisotopic (exact) mass is 358 g/mol. The summed E-state index contributed by atoms with van der Waals surface area (Å²) >= 11 is 5.78. The molecule has 0 saturated carbocycles. The van der Waals surface area contributed by atoms with Gasteiger partial charge in [0.1, 0.15) is 6.10 Å². The highest BCUT2D eigenvalue weighted by Gasteiger charge is 2.16. The maximum absolute atomic E-state index is 13.5. The summed E-state index contributed by atoms with van der Waals surface area (Å²) in [7, 11) is 0. The van der Waals surface area contributed by atoms with E-state index in [1.165, 1.54) is 12.1 Å². The summed E-state index contributed by atoms with van der Waals surface area (Å²) in [6.45, 7) is 4.08. The molecule has 0 aliphatic rings. The first-order valence-corrected chi connectivity index (χ1v) is 8.69. The van der Waals surface area contributed by atoms with Crippen molar-refractivity contribution in [3.05, 3.63) is 29.0 Å². The van der Waals surface area contributed by atoms with Gasteiger partial charge in [-0.3, -0.25) is 9.59 Å². The van der Waals surface area contributed by atoms with E-state index in [-0.39, 0.29) is 42.1 Å². The molecule has 24 heavy (non-hydrogen) atoms. The molecule has 4 nitrogen and oxygen atoms in total. The maximum Gasteiger partial charge on any atom is 0.311 e. The molecule has 0 radical (unpaired) electrons. The quantitative estimate of drug-likeness (QED) is 0.433. The Bertz CT molecular complexity index is 522. The van der Waals surface area contributed by atoms with E-state index in [4.69, 9.17) is 21.1 Å². The van der Waals surface area contributed by atoms with E-state index >= 15 is 0 Å². The molecule has 0 fully saturated rings. The molecule has 0 aromatic heterocycles. The lowest BCUT2D eigenvalue weighted by Crippen LogP contribution is -2.18. The Morgan fingerprint density at radius 2 is 1.75 bits per heavy atom. The average Bonchev–Trinajstić information content (AvgIpc) is 2.51. The lowest BCUT2D eigenvalue weighted by Gasteiger charge is -2.16. The minimum atomic E-state index is -0.697. The summed E-state index contributed by atoms with van der Waals surface area (Å²) in [5.41, 5.74) is 0. The van der Waals surface area contributed by atoms with Crippen molar-refractivity contribution < 1.29 is 23.5 Å². The van der Waals surface area contributed by atoms with Gasteiger partial charge in [0.25, 0.3) is 0 Å². The highest BCUT2D eigenvalue weighted by Crippen LogP contribution is 2.27. The predicted molar refractivity (Wildman–Crippen MR) is 90.6 cm³/mol. The number of halogens is 2. The Hall–Kier alpha value is -1.62. The van der Waals surface area contributed by atoms with Crippen LogP contribution in [0, 0.1) is 5.82 Å². The Morgan fingerprint density at radius 3 is 2.33 bits per heavy atom. The third kappa shape index (κ3) is 7.30. The zero-order valence-corrected chi connectivity index (χ0v) is 14.9. The summed E-state index contributed by atoms with van der Waals surface area (Å²) in [6.07, 6.45) is 3.93. The Labute approximate surface area is 147 Å². The van der Waals surface area contributed by atoms with Gasteiger partial charge in [0, 0.05) is 12.8 Å². The number of carbonyl (C=O) groups excluding carboxylic acids is 2. The van der Waals surface area contributed by atoms with E-state index in [0.29, 0.717) is 0 Å². The fraction of sp³-hybridized carbons (Fsp3) is 0.556. The largest absolute Gasteiger partial charge is 0.462 e. The molecular formula is C18H24ClFO4. The van der Waals surface area contributed by atoms with E-state index in [1.54, 1.807) is 0 Å². The molecule has 0 heterocycles. The lowest BCUT2D eigenvalue weighted by atomic mass is 10.1. The smallest absolute Gasteiger partial charge is 0.311 e. The number of para-hydroxylation sites is 1. The van der Waals surface area contributed by atoms with Crippen molar-refractivity contribution in [1.29, 1.82) is 0 Å². The van der Waals surface area contributed by atoms with Crippen LogP contribution in [0.25, 0.3) is 0 Å². The fourth-order valence-electron chi connectivity index (χ4n) is 2.27. The van der Waals surface area contributed by atoms with Gasteiger partial charge in [-0.25, -0.2) is 4.39 Å². The third-order valence-electron chi connectivity index (χ3n) is 3.42. The van der Waals surface area contributed by atoms with Gasteiger partial charge in [-0.15, -0.1) is 0 Å². The molecule has 0 aliphatic carbocycles. The van der Waals surface area contributed by atoms with E-state index in [9.17, 15) is 14.0 Å². The van der Waals surface area contributed by atoms with Gasteiger partial charge < -0.3 is 9.47 Å². The van der Waals surface area contributed by atoms with Crippen LogP contribution in [0.4, 0.5) is 4.39 Å². The number of carbonyl (C=O) groups is 2. The lowest BCUT2D eigenvalue weighted by molar-refractivity contribution is -0.150. The molecule has 0 atom stereocenters. The molecule has 0 aliphatic heterocycles. The standard InChI is InChI=1S/C18H24ClFO4/c1-3-7-13(8-4-2)23-16(21)11-6-12-17(22)24-18-14(19)9-5-10-15(18)20/h5,9-10,13H,3-4,6-8,11-12H2,1-2H3. The molecular weight excluding hydrogens is 335 g/mol. The van der Waals surface area contributed by atoms with Crippen molar-refractivity contribution in [3.8, 4) is 5.75 Å². The molecule has 0 amide bonds. The SMILES string of the molecule is CCCC(CCC)OC(=O)CCCC(=O)Oc1c(F)cccc1Cl. The van der Waals surface area contributed by atoms with Gasteiger partial charge in [-0.2, -0.15) is 0 Å². The third-order valence-corrected chi connectivity index (χ3v) is 3.71. The van der Waals surface area contributed by atoms with Crippen LogP contribution in [-0.4, -0.2) is 18.0 Å².